The zero-order valence-electron chi connectivity index (χ0n) is 14.6. The Bertz CT molecular complexity index is 819. The van der Waals surface area contributed by atoms with Gasteiger partial charge in [-0.2, -0.15) is 0 Å². The van der Waals surface area contributed by atoms with Crippen molar-refractivity contribution >= 4 is 28.9 Å². The number of rotatable bonds is 2. The molecule has 1 spiro atoms. The lowest BCUT2D eigenvalue weighted by Gasteiger charge is -2.43. The van der Waals surface area contributed by atoms with Crippen molar-refractivity contribution in [2.24, 2.45) is 11.1 Å². The highest BCUT2D eigenvalue weighted by Crippen LogP contribution is 2.46. The molecule has 1 aromatic heterocycles. The highest BCUT2D eigenvalue weighted by Gasteiger charge is 2.42. The summed E-state index contributed by atoms with van der Waals surface area (Å²) >= 11 is 12.3. The van der Waals surface area contributed by atoms with Crippen molar-refractivity contribution < 1.29 is 5.11 Å². The van der Waals surface area contributed by atoms with E-state index in [1.165, 1.54) is 12.8 Å². The Balaban J connectivity index is 1.55. The van der Waals surface area contributed by atoms with E-state index in [0.717, 1.165) is 38.0 Å². The summed E-state index contributed by atoms with van der Waals surface area (Å²) < 4.78 is 0. The normalized spacial score (nSPS) is 22.1. The van der Waals surface area contributed by atoms with Crippen LogP contribution in [-0.2, 0) is 0 Å². The molecule has 1 saturated carbocycles. The van der Waals surface area contributed by atoms with Gasteiger partial charge in [-0.1, -0.05) is 41.8 Å². The van der Waals surface area contributed by atoms with Gasteiger partial charge in [0.15, 0.2) is 0 Å². The van der Waals surface area contributed by atoms with E-state index in [1.807, 2.05) is 6.07 Å². The van der Waals surface area contributed by atoms with Crippen molar-refractivity contribution in [3.63, 3.8) is 0 Å². The maximum atomic E-state index is 10.5. The lowest BCUT2D eigenvalue weighted by Crippen LogP contribution is -2.46. The third-order valence-electron chi connectivity index (χ3n) is 6.16. The van der Waals surface area contributed by atoms with E-state index < -0.39 is 0 Å². The fourth-order valence-corrected chi connectivity index (χ4v) is 4.90. The summed E-state index contributed by atoms with van der Waals surface area (Å²) in [5, 5.41) is 11.4. The van der Waals surface area contributed by atoms with Crippen LogP contribution in [0.2, 0.25) is 10.0 Å². The van der Waals surface area contributed by atoms with E-state index in [4.69, 9.17) is 28.9 Å². The van der Waals surface area contributed by atoms with Crippen LogP contribution in [0.5, 0.6) is 5.75 Å². The summed E-state index contributed by atoms with van der Waals surface area (Å²) in [4.78, 5) is 6.75. The van der Waals surface area contributed by atoms with Gasteiger partial charge in [-0.05, 0) is 37.2 Å². The molecule has 0 radical (unpaired) electrons. The largest absolute Gasteiger partial charge is 0.506 e. The fourth-order valence-electron chi connectivity index (χ4n) is 4.51. The quantitative estimate of drug-likeness (QED) is 0.766. The highest BCUT2D eigenvalue weighted by atomic mass is 35.5. The van der Waals surface area contributed by atoms with Crippen LogP contribution in [0.25, 0.3) is 11.3 Å². The van der Waals surface area contributed by atoms with Crippen LogP contribution in [0.3, 0.4) is 0 Å². The van der Waals surface area contributed by atoms with Crippen molar-refractivity contribution in [2.45, 2.75) is 38.1 Å². The Kier molecular flexibility index (Phi) is 4.76. The molecule has 1 saturated heterocycles. The molecular weight excluding hydrogens is 369 g/mol. The minimum atomic E-state index is 0.115. The van der Waals surface area contributed by atoms with Crippen molar-refractivity contribution in [2.75, 3.05) is 18.0 Å². The van der Waals surface area contributed by atoms with Crippen molar-refractivity contribution in [3.8, 4) is 17.0 Å². The zero-order valence-corrected chi connectivity index (χ0v) is 16.1. The van der Waals surface area contributed by atoms with Crippen LogP contribution in [0, 0.1) is 5.41 Å². The van der Waals surface area contributed by atoms with Gasteiger partial charge in [0.2, 0.25) is 0 Å². The van der Waals surface area contributed by atoms with Crippen molar-refractivity contribution in [1.29, 1.82) is 0 Å². The Labute approximate surface area is 163 Å². The molecule has 138 valence electrons. The second kappa shape index (κ2) is 6.91. The van der Waals surface area contributed by atoms with Gasteiger partial charge in [-0.15, -0.1) is 0 Å². The van der Waals surface area contributed by atoms with Gasteiger partial charge in [0, 0.05) is 30.8 Å². The van der Waals surface area contributed by atoms with E-state index in [1.54, 1.807) is 24.4 Å². The first-order valence-electron chi connectivity index (χ1n) is 9.14. The Morgan fingerprint density at radius 2 is 1.96 bits per heavy atom. The molecule has 2 aromatic rings. The maximum Gasteiger partial charge on any atom is 0.143 e. The summed E-state index contributed by atoms with van der Waals surface area (Å²) in [5.74, 6) is 0.115. The van der Waals surface area contributed by atoms with Crippen molar-refractivity contribution in [3.05, 3.63) is 40.5 Å². The molecule has 1 aromatic carbocycles. The Morgan fingerprint density at radius 3 is 2.62 bits per heavy atom. The lowest BCUT2D eigenvalue weighted by molar-refractivity contribution is 0.198. The molecule has 2 heterocycles. The van der Waals surface area contributed by atoms with Crippen LogP contribution in [0.15, 0.2) is 30.5 Å². The minimum Gasteiger partial charge on any atom is -0.506 e. The van der Waals surface area contributed by atoms with Crippen LogP contribution in [-0.4, -0.2) is 29.2 Å². The first-order valence-corrected chi connectivity index (χ1v) is 9.90. The molecule has 1 atom stereocenters. The number of nitrogens with zero attached hydrogens (tertiary/aromatic N) is 2. The molecule has 4 nitrogen and oxygen atoms in total. The number of benzene rings is 1. The number of aromatic nitrogens is 1. The zero-order chi connectivity index (χ0) is 18.3. The van der Waals surface area contributed by atoms with Crippen LogP contribution < -0.4 is 10.6 Å². The summed E-state index contributed by atoms with van der Waals surface area (Å²) in [6, 6.07) is 7.43. The molecule has 1 aliphatic heterocycles. The molecular formula is C20H23Cl2N3O. The predicted molar refractivity (Wildman–Crippen MR) is 107 cm³/mol. The number of hydrogen-bond donors (Lipinski definition) is 2. The number of piperidine rings is 1. The second-order valence-corrected chi connectivity index (χ2v) is 8.30. The summed E-state index contributed by atoms with van der Waals surface area (Å²) in [6.07, 6.45) is 7.67. The van der Waals surface area contributed by atoms with Gasteiger partial charge in [-0.25, -0.2) is 0 Å². The number of pyridine rings is 1. The van der Waals surface area contributed by atoms with Crippen LogP contribution in [0.4, 0.5) is 5.69 Å². The molecule has 1 unspecified atom stereocenters. The average Bonchev–Trinajstić information content (AvgIpc) is 2.98. The fraction of sp³-hybridized carbons (Fsp3) is 0.450. The molecule has 26 heavy (non-hydrogen) atoms. The topological polar surface area (TPSA) is 62.4 Å². The SMILES string of the molecule is NC1CCCC12CCN(c1cnc(-c3cccc(Cl)c3Cl)c(O)c1)CC2. The van der Waals surface area contributed by atoms with E-state index in [9.17, 15) is 5.11 Å². The average molecular weight is 392 g/mol. The first kappa shape index (κ1) is 17.9. The van der Waals surface area contributed by atoms with Gasteiger partial charge in [0.25, 0.3) is 0 Å². The number of nitrogens with two attached hydrogens (primary N) is 1. The highest BCUT2D eigenvalue weighted by molar-refractivity contribution is 6.43. The number of hydrogen-bond acceptors (Lipinski definition) is 4. The number of aromatic hydroxyl groups is 1. The predicted octanol–water partition coefficient (Wildman–Crippen LogP) is 4.86. The number of anilines is 1. The Hall–Kier alpha value is -1.49. The van der Waals surface area contributed by atoms with Gasteiger partial charge in [0.05, 0.1) is 21.9 Å². The van der Waals surface area contributed by atoms with Gasteiger partial charge in [0.1, 0.15) is 11.4 Å². The molecule has 2 aliphatic rings. The third-order valence-corrected chi connectivity index (χ3v) is 6.98. The van der Waals surface area contributed by atoms with Crippen LogP contribution in [0.1, 0.15) is 32.1 Å². The van der Waals surface area contributed by atoms with E-state index in [-0.39, 0.29) is 5.75 Å². The number of halogens is 2. The van der Waals surface area contributed by atoms with Gasteiger partial charge < -0.3 is 15.7 Å². The van der Waals surface area contributed by atoms with Crippen LogP contribution >= 0.6 is 23.2 Å². The molecule has 4 rings (SSSR count). The van der Waals surface area contributed by atoms with Gasteiger partial charge in [-0.3, -0.25) is 4.98 Å². The van der Waals surface area contributed by atoms with E-state index in [2.05, 4.69) is 9.88 Å². The third kappa shape index (κ3) is 3.04. The maximum absolute atomic E-state index is 10.5. The minimum absolute atomic E-state index is 0.115. The molecule has 3 N–H and O–H groups in total. The monoisotopic (exact) mass is 391 g/mol. The van der Waals surface area contributed by atoms with E-state index in [0.29, 0.717) is 32.8 Å². The van der Waals surface area contributed by atoms with Gasteiger partial charge >= 0.3 is 0 Å². The molecule has 1 aliphatic carbocycles. The summed E-state index contributed by atoms with van der Waals surface area (Å²) in [6.45, 7) is 1.90. The van der Waals surface area contributed by atoms with Crippen molar-refractivity contribution in [1.82, 2.24) is 4.98 Å². The Morgan fingerprint density at radius 1 is 1.19 bits per heavy atom. The smallest absolute Gasteiger partial charge is 0.143 e. The first-order chi connectivity index (χ1) is 12.5. The standard InChI is InChI=1S/C20H23Cl2N3O/c21-15-4-1-3-14(18(15)22)19-16(26)11-13(12-24-19)25-9-7-20(8-10-25)6-2-5-17(20)23/h1,3-4,11-12,17,26H,2,5-10,23H2. The molecule has 6 heteroatoms. The summed E-state index contributed by atoms with van der Waals surface area (Å²) in [7, 11) is 0. The van der Waals surface area contributed by atoms with E-state index >= 15 is 0 Å². The molecule has 0 bridgehead atoms. The second-order valence-electron chi connectivity index (χ2n) is 7.51. The molecule has 2 fully saturated rings. The molecule has 0 amide bonds. The lowest BCUT2D eigenvalue weighted by atomic mass is 9.74. The summed E-state index contributed by atoms with van der Waals surface area (Å²) in [5.41, 5.74) is 8.71.